The first-order valence-corrected chi connectivity index (χ1v) is 5.23. The second kappa shape index (κ2) is 4.64. The molecule has 0 heterocycles. The molecule has 0 aromatic rings. The lowest BCUT2D eigenvalue weighted by molar-refractivity contribution is -0.143. The van der Waals surface area contributed by atoms with Gasteiger partial charge in [0.1, 0.15) is 0 Å². The minimum atomic E-state index is -0.147. The van der Waals surface area contributed by atoms with Gasteiger partial charge in [-0.1, -0.05) is 20.3 Å². The summed E-state index contributed by atoms with van der Waals surface area (Å²) in [6, 6.07) is 0. The van der Waals surface area contributed by atoms with E-state index in [0.29, 0.717) is 18.4 Å². The molecule has 1 saturated carbocycles. The lowest BCUT2D eigenvalue weighted by Gasteiger charge is -2.31. The summed E-state index contributed by atoms with van der Waals surface area (Å²) >= 11 is 0. The Morgan fingerprint density at radius 2 is 2.08 bits per heavy atom. The Kier molecular flexibility index (Phi) is 3.76. The summed E-state index contributed by atoms with van der Waals surface area (Å²) in [5.41, 5.74) is 0. The first-order valence-electron chi connectivity index (χ1n) is 5.23. The van der Waals surface area contributed by atoms with Gasteiger partial charge in [0.15, 0.2) is 0 Å². The van der Waals surface area contributed by atoms with Gasteiger partial charge in [-0.25, -0.2) is 0 Å². The van der Waals surface area contributed by atoms with Crippen molar-refractivity contribution in [2.75, 3.05) is 6.61 Å². The molecule has 76 valence electrons. The van der Waals surface area contributed by atoms with E-state index in [1.54, 1.807) is 0 Å². The predicted octanol–water partition coefficient (Wildman–Crippen LogP) is 2.62. The molecule has 0 spiro atoms. The van der Waals surface area contributed by atoms with Crippen molar-refractivity contribution in [3.8, 4) is 0 Å². The molecule has 3 atom stereocenters. The van der Waals surface area contributed by atoms with Gasteiger partial charge >= 0.3 is 5.97 Å². The fourth-order valence-corrected chi connectivity index (χ4v) is 2.20. The van der Waals surface area contributed by atoms with E-state index in [0.717, 1.165) is 5.92 Å². The summed E-state index contributed by atoms with van der Waals surface area (Å²) in [6.07, 6.45) is 3.79. The van der Waals surface area contributed by atoms with Crippen LogP contribution >= 0.6 is 0 Å². The molecule has 1 rings (SSSR count). The minimum Gasteiger partial charge on any atom is -0.466 e. The van der Waals surface area contributed by atoms with Gasteiger partial charge in [-0.2, -0.15) is 0 Å². The zero-order chi connectivity index (χ0) is 9.84. The van der Waals surface area contributed by atoms with E-state index < -0.39 is 0 Å². The quantitative estimate of drug-likeness (QED) is 0.617. The molecule has 0 aromatic carbocycles. The third-order valence-electron chi connectivity index (χ3n) is 3.11. The van der Waals surface area contributed by atoms with Crippen LogP contribution in [0.3, 0.4) is 0 Å². The number of hydrogen-bond acceptors (Lipinski definition) is 2. The van der Waals surface area contributed by atoms with Crippen LogP contribution in [0.4, 0.5) is 0 Å². The van der Waals surface area contributed by atoms with Crippen LogP contribution in [0, 0.1) is 17.8 Å². The van der Waals surface area contributed by atoms with E-state index >= 15 is 0 Å². The van der Waals surface area contributed by atoms with Gasteiger partial charge in [-0.15, -0.1) is 0 Å². The molecule has 0 unspecified atom stereocenters. The standard InChI is InChI=1S/C11H20O2/c1-8-4-5-11(9(2)6-8)7-13-10(3)12/h8-9,11H,4-7H2,1-3H3/t8-,9-,11+/m1/s1. The summed E-state index contributed by atoms with van der Waals surface area (Å²) < 4.78 is 5.05. The second-order valence-corrected chi connectivity index (χ2v) is 4.46. The van der Waals surface area contributed by atoms with Crippen LogP contribution in [0.2, 0.25) is 0 Å². The SMILES string of the molecule is CC(=O)OC[C@@H]1CC[C@@H](C)C[C@H]1C. The predicted molar refractivity (Wildman–Crippen MR) is 52.3 cm³/mol. The topological polar surface area (TPSA) is 26.3 Å². The fourth-order valence-electron chi connectivity index (χ4n) is 2.20. The summed E-state index contributed by atoms with van der Waals surface area (Å²) in [4.78, 5) is 10.6. The first kappa shape index (κ1) is 10.6. The number of hydrogen-bond donors (Lipinski definition) is 0. The smallest absolute Gasteiger partial charge is 0.302 e. The molecular weight excluding hydrogens is 164 g/mol. The maximum atomic E-state index is 10.6. The molecule has 0 aromatic heterocycles. The third kappa shape index (κ3) is 3.37. The highest BCUT2D eigenvalue weighted by Crippen LogP contribution is 2.33. The summed E-state index contributed by atoms with van der Waals surface area (Å²) in [7, 11) is 0. The molecule has 1 fully saturated rings. The molecule has 0 amide bonds. The third-order valence-corrected chi connectivity index (χ3v) is 3.11. The summed E-state index contributed by atoms with van der Waals surface area (Å²) in [5.74, 6) is 2.01. The molecule has 0 radical (unpaired) electrons. The van der Waals surface area contributed by atoms with Crippen LogP contribution in [0.1, 0.15) is 40.0 Å². The number of ether oxygens (including phenoxy) is 1. The van der Waals surface area contributed by atoms with Gasteiger partial charge in [0.2, 0.25) is 0 Å². The average molecular weight is 184 g/mol. The first-order chi connectivity index (χ1) is 6.09. The monoisotopic (exact) mass is 184 g/mol. The molecular formula is C11H20O2. The molecule has 0 bridgehead atoms. The van der Waals surface area contributed by atoms with Crippen LogP contribution in [0.25, 0.3) is 0 Å². The molecule has 1 aliphatic rings. The van der Waals surface area contributed by atoms with Crippen LogP contribution in [0.15, 0.2) is 0 Å². The lowest BCUT2D eigenvalue weighted by Crippen LogP contribution is -2.26. The zero-order valence-corrected chi connectivity index (χ0v) is 8.88. The fraction of sp³-hybridized carbons (Fsp3) is 0.909. The number of carbonyl (C=O) groups excluding carboxylic acids is 1. The van der Waals surface area contributed by atoms with Crippen molar-refractivity contribution >= 4 is 5.97 Å². The van der Waals surface area contributed by atoms with Crippen LogP contribution in [0.5, 0.6) is 0 Å². The highest BCUT2D eigenvalue weighted by atomic mass is 16.5. The molecule has 0 N–H and O–H groups in total. The maximum Gasteiger partial charge on any atom is 0.302 e. The van der Waals surface area contributed by atoms with Gasteiger partial charge in [-0.05, 0) is 30.6 Å². The van der Waals surface area contributed by atoms with E-state index in [9.17, 15) is 4.79 Å². The Hall–Kier alpha value is -0.530. The van der Waals surface area contributed by atoms with Crippen molar-refractivity contribution < 1.29 is 9.53 Å². The van der Waals surface area contributed by atoms with Gasteiger partial charge < -0.3 is 4.74 Å². The number of esters is 1. The Morgan fingerprint density at radius 1 is 1.38 bits per heavy atom. The van der Waals surface area contributed by atoms with Crippen LogP contribution in [-0.4, -0.2) is 12.6 Å². The summed E-state index contributed by atoms with van der Waals surface area (Å²) in [6.45, 7) is 6.68. The van der Waals surface area contributed by atoms with Crippen molar-refractivity contribution in [2.45, 2.75) is 40.0 Å². The Labute approximate surface area is 80.7 Å². The highest BCUT2D eigenvalue weighted by molar-refractivity contribution is 5.65. The molecule has 1 aliphatic carbocycles. The van der Waals surface area contributed by atoms with Gasteiger partial charge in [-0.3, -0.25) is 4.79 Å². The van der Waals surface area contributed by atoms with E-state index in [1.165, 1.54) is 26.2 Å². The van der Waals surface area contributed by atoms with E-state index in [4.69, 9.17) is 4.74 Å². The molecule has 2 heteroatoms. The normalized spacial score (nSPS) is 34.2. The van der Waals surface area contributed by atoms with Gasteiger partial charge in [0, 0.05) is 6.92 Å². The maximum absolute atomic E-state index is 10.6. The van der Waals surface area contributed by atoms with Crippen LogP contribution < -0.4 is 0 Å². The van der Waals surface area contributed by atoms with Crippen LogP contribution in [-0.2, 0) is 9.53 Å². The van der Waals surface area contributed by atoms with Crippen molar-refractivity contribution in [1.82, 2.24) is 0 Å². The Bertz CT molecular complexity index is 177. The highest BCUT2D eigenvalue weighted by Gasteiger charge is 2.25. The molecule has 0 aliphatic heterocycles. The minimum absolute atomic E-state index is 0.147. The van der Waals surface area contributed by atoms with E-state index in [-0.39, 0.29) is 5.97 Å². The van der Waals surface area contributed by atoms with Crippen molar-refractivity contribution in [1.29, 1.82) is 0 Å². The average Bonchev–Trinajstić information content (AvgIpc) is 2.02. The Morgan fingerprint density at radius 3 is 2.62 bits per heavy atom. The van der Waals surface area contributed by atoms with Crippen molar-refractivity contribution in [2.24, 2.45) is 17.8 Å². The zero-order valence-electron chi connectivity index (χ0n) is 8.88. The van der Waals surface area contributed by atoms with Crippen molar-refractivity contribution in [3.63, 3.8) is 0 Å². The Balaban J connectivity index is 2.29. The van der Waals surface area contributed by atoms with Gasteiger partial charge in [0.25, 0.3) is 0 Å². The van der Waals surface area contributed by atoms with E-state index in [1.807, 2.05) is 0 Å². The molecule has 13 heavy (non-hydrogen) atoms. The molecule has 2 nitrogen and oxygen atoms in total. The lowest BCUT2D eigenvalue weighted by atomic mass is 9.76. The number of carbonyl (C=O) groups is 1. The van der Waals surface area contributed by atoms with Crippen molar-refractivity contribution in [3.05, 3.63) is 0 Å². The van der Waals surface area contributed by atoms with Gasteiger partial charge in [0.05, 0.1) is 6.61 Å². The largest absolute Gasteiger partial charge is 0.466 e. The van der Waals surface area contributed by atoms with E-state index in [2.05, 4.69) is 13.8 Å². The number of rotatable bonds is 2. The molecule has 0 saturated heterocycles. The summed E-state index contributed by atoms with van der Waals surface area (Å²) in [5, 5.41) is 0. The second-order valence-electron chi connectivity index (χ2n) is 4.46.